The van der Waals surface area contributed by atoms with E-state index in [1.165, 1.54) is 240 Å². The molecule has 143 heavy (non-hydrogen) atoms. The Morgan fingerprint density at radius 3 is 1.25 bits per heavy atom. The van der Waals surface area contributed by atoms with Crippen LogP contribution < -0.4 is 64.0 Å². The number of nitrogens with one attached hydrogen (secondary N) is 15. The van der Waals surface area contributed by atoms with Crippen molar-refractivity contribution in [1.82, 2.24) is 154 Å². The Morgan fingerprint density at radius 1 is 0.545 bits per heavy atom. The first-order chi connectivity index (χ1) is 69.9. The molecule has 51 heteroatoms. The first-order valence-corrected chi connectivity index (χ1v) is 50.6. The number of aromatic nitrogens is 15. The first-order valence-electron chi connectivity index (χ1n) is 49.4. The van der Waals surface area contributed by atoms with E-state index in [1.807, 2.05) is 25.6 Å². The maximum atomic E-state index is 10.2. The molecular formula is C92H186N30O20S. The van der Waals surface area contributed by atoms with Gasteiger partial charge in [0.1, 0.15) is 37.9 Å². The fourth-order valence-electron chi connectivity index (χ4n) is 9.96. The van der Waals surface area contributed by atoms with E-state index >= 15 is 0 Å². The van der Waals surface area contributed by atoms with Crippen molar-refractivity contribution in [1.29, 1.82) is 0 Å². The van der Waals surface area contributed by atoms with E-state index in [4.69, 9.17) is 53.0 Å². The molecule has 11 aliphatic heterocycles. The molecular weight excluding hydrogens is 1880 g/mol. The number of methoxy groups -OCH3 is 3. The number of nitrogens with zero attached hydrogens (tertiary/aromatic N) is 15. The summed E-state index contributed by atoms with van der Waals surface area (Å²) in [7, 11) is 15.8. The number of hydrogen-bond acceptors (Lipinski definition) is 38. The summed E-state index contributed by atoms with van der Waals surface area (Å²) in [5.74, 6) is 3.50. The standard InChI is InChI=1S/C6H13NO3.C6H11NO2.C5H12N2.C5H9NO2.C5H5NO.C5H11NO.2C5H11N.C5H10O.C4H9NO2.C4H9NO.C4H7NO.C4H9NS.C4H9N.2C4H8O.C3H7NO.C3H6.C2H4N4.2C2H3N3.C2H5NO.C2H4O2.CH2N4/c1-9-3-6(4-10-2)7-5-8;8-5-7-6-1-3-9-4-2-6;1-7-4-2-6-3-5-7;7-5-6-1-3-8-4-2-6;7-5-3-1-2-4-6-5;1-3-5(2)6-4-7;1-6-4-2-3-5-6;2*1-2-4-6-5-3-1;1-7-3-2-5-4-6;1-3-6-4-2-5-1;6-4-2-1-3-5-4;1-3-6-4-2-5-1;1-2-4-5-3-1;5-3-4-1-2-4;1-2-4-5-3-1;1-4(2)3-5;1-2-3-1;1-6-2-3-4-5-6;2*1-3-2-5-4-1;1-3-2-4;3-1-2-4;1-2-4-5-3-1/h5-6H,3-4H2,1-2H3,(H,7,8);5-6H,1-4H2,(H,7,8);6H,2-5H2,1H3;5H,1-4H2;1-4H,(H,6,7);4-5H,3H2,1-2H3,(H,6,7);2-5H2,1H3;6H,1-5H2;1-5H2;4H,2-3H2,1H3,(H,5,6);5H,1-4H2;1-3H2,(H,5,6);5H,1-4H2;5H,1-4H2;4-5H,1-3H2;1-4H2;3H,1-2H3;1-3H2;2H,1H3;2*1-2H,(H,3,4,5);2H,1H3,(H,3,4);1,4H,2H2;1H,(H,2,3,4,5). The van der Waals surface area contributed by atoms with Crippen LogP contribution in [0.4, 0.5) is 0 Å². The average molecular weight is 2060 g/mol. The second-order valence-corrected chi connectivity index (χ2v) is 32.8. The van der Waals surface area contributed by atoms with Gasteiger partial charge < -0.3 is 136 Å². The summed E-state index contributed by atoms with van der Waals surface area (Å²) >= 11 is 2.03. The lowest BCUT2D eigenvalue weighted by Crippen LogP contribution is -2.40. The maximum Gasteiger partial charge on any atom is 0.247 e. The number of likely N-dealkylation sites (tertiary alicyclic amines) is 1. The zero-order valence-electron chi connectivity index (χ0n) is 87.9. The fraction of sp³-hybridized carbons (Fsp3) is 0.783. The van der Waals surface area contributed by atoms with Gasteiger partial charge in [0, 0.05) is 217 Å². The highest BCUT2D eigenvalue weighted by Gasteiger charge is 2.19. The number of pyridine rings is 1. The lowest BCUT2D eigenvalue weighted by molar-refractivity contribution is -0.122. The zero-order valence-corrected chi connectivity index (χ0v) is 88.7. The molecule has 2 aliphatic carbocycles. The number of amides is 8. The molecule has 2 saturated carbocycles. The molecule has 11 saturated heterocycles. The van der Waals surface area contributed by atoms with Gasteiger partial charge in [-0.05, 0) is 192 Å². The Bertz CT molecular complexity index is 2950. The monoisotopic (exact) mass is 2060 g/mol. The highest BCUT2D eigenvalue weighted by atomic mass is 32.2. The van der Waals surface area contributed by atoms with Gasteiger partial charge in [-0.15, -0.1) is 15.3 Å². The van der Waals surface area contributed by atoms with Gasteiger partial charge in [0.25, 0.3) is 0 Å². The minimum Gasteiger partial charge on any atom is -0.396 e. The van der Waals surface area contributed by atoms with Crippen LogP contribution in [0.1, 0.15) is 155 Å². The molecule has 1 atom stereocenters. The Hall–Kier alpha value is -9.53. The van der Waals surface area contributed by atoms with E-state index in [9.17, 15) is 38.4 Å². The number of thioether (sulfide) groups is 1. The molecule has 18 rings (SSSR count). The van der Waals surface area contributed by atoms with Gasteiger partial charge in [-0.1, -0.05) is 43.9 Å². The van der Waals surface area contributed by atoms with E-state index in [1.54, 1.807) is 72.7 Å². The van der Waals surface area contributed by atoms with Crippen molar-refractivity contribution in [2.45, 2.75) is 173 Å². The van der Waals surface area contributed by atoms with Crippen LogP contribution in [0.2, 0.25) is 0 Å². The van der Waals surface area contributed by atoms with Crippen molar-refractivity contribution in [3.8, 4) is 0 Å². The number of carbonyl (C=O) groups is 9. The number of piperazine rings is 1. The third-order valence-corrected chi connectivity index (χ3v) is 19.4. The summed E-state index contributed by atoms with van der Waals surface area (Å²) in [4.78, 5) is 114. The number of likely N-dealkylation sites (N-methyl/N-ethyl adjacent to an activating group) is 1. The van der Waals surface area contributed by atoms with E-state index in [0.29, 0.717) is 89.7 Å². The van der Waals surface area contributed by atoms with Crippen LogP contribution in [-0.4, -0.2) is 466 Å². The van der Waals surface area contributed by atoms with Crippen LogP contribution in [0.25, 0.3) is 0 Å². The molecule has 13 aliphatic rings. The van der Waals surface area contributed by atoms with Crippen LogP contribution in [0.3, 0.4) is 0 Å². The minimum atomic E-state index is -0.361. The number of H-pyrrole nitrogens is 4. The molecule has 50 nitrogen and oxygen atoms in total. The van der Waals surface area contributed by atoms with Gasteiger partial charge in [-0.3, -0.25) is 53.3 Å². The first kappa shape index (κ1) is 144. The number of aliphatic hydroxyl groups is 2. The number of hydrogen-bond donors (Lipinski definition) is 17. The third-order valence-electron chi connectivity index (χ3n) is 18.4. The predicted octanol–water partition coefficient (Wildman–Crippen LogP) is 0.0594. The number of aldehydes is 1. The number of aromatic amines is 4. The highest BCUT2D eigenvalue weighted by Crippen LogP contribution is 2.27. The van der Waals surface area contributed by atoms with Crippen molar-refractivity contribution in [2.75, 3.05) is 285 Å². The lowest BCUT2D eigenvalue weighted by atomic mass is 10.1. The van der Waals surface area contributed by atoms with Crippen molar-refractivity contribution < 1.29 is 91.3 Å². The zero-order chi connectivity index (χ0) is 106. The number of morpholine rings is 2. The van der Waals surface area contributed by atoms with Gasteiger partial charge in [0.2, 0.25) is 56.3 Å². The van der Waals surface area contributed by atoms with Gasteiger partial charge in [-0.25, -0.2) is 14.6 Å². The van der Waals surface area contributed by atoms with Gasteiger partial charge in [-0.2, -0.15) is 27.2 Å². The number of carbonyl (C=O) groups excluding carboxylic acids is 9. The molecule has 5 aromatic rings. The fourth-order valence-corrected chi connectivity index (χ4v) is 10.7. The van der Waals surface area contributed by atoms with Crippen LogP contribution in [-0.2, 0) is 88.1 Å². The smallest absolute Gasteiger partial charge is 0.247 e. The van der Waals surface area contributed by atoms with Crippen molar-refractivity contribution in [2.24, 2.45) is 13.0 Å². The van der Waals surface area contributed by atoms with Gasteiger partial charge in [0.05, 0.1) is 58.9 Å². The van der Waals surface area contributed by atoms with Crippen LogP contribution in [0.15, 0.2) is 67.2 Å². The molecule has 17 N–H and O–H groups in total. The molecule has 5 aromatic heterocycles. The number of ether oxygens (including phenoxy) is 8. The van der Waals surface area contributed by atoms with Crippen molar-refractivity contribution in [3.63, 3.8) is 0 Å². The molecule has 830 valence electrons. The molecule has 0 aromatic carbocycles. The maximum absolute atomic E-state index is 10.2. The van der Waals surface area contributed by atoms with Crippen LogP contribution in [0, 0.1) is 5.92 Å². The molecule has 0 bridgehead atoms. The average Bonchev–Trinajstić information content (AvgIpc) is 1.88. The summed E-state index contributed by atoms with van der Waals surface area (Å²) in [5.41, 5.74) is -0.0532. The van der Waals surface area contributed by atoms with Crippen molar-refractivity contribution in [3.05, 3.63) is 72.7 Å². The summed E-state index contributed by atoms with van der Waals surface area (Å²) < 4.78 is 40.9. The SMILES string of the molecule is C1CC1.C1CCNC1.C1CCNCC1.C1CCOC1.C1CCOCC1.C1COCCN1.C1CSCCN1.CCC(C)NC=O.CN(C)C=O.CN1CCCC1.CN1CCNCC1.CNC=O.COCC(COC)NC=O.COCCNC=O.Cn1cnnn1.O=C1CCCN1.O=CCO.O=CN1CCOCC1.O=CNC1CCOCC1.O=c1cccc[nH]1.OCC1CC1.c1nc[nH]n1.c1nc[nH]n1.c1nn[nH]n1. The Balaban J connectivity index is -0.000000343. The number of tetrazole rings is 2. The molecule has 1 unspecified atom stereocenters. The summed E-state index contributed by atoms with van der Waals surface area (Å²) in [5, 5.41) is 81.5. The number of rotatable bonds is 20. The topological polar surface area (TPSA) is 627 Å². The molecule has 0 spiro atoms. The molecule has 13 fully saturated rings. The second kappa shape index (κ2) is 130. The van der Waals surface area contributed by atoms with Crippen molar-refractivity contribution >= 4 is 68.8 Å². The van der Waals surface area contributed by atoms with E-state index in [-0.39, 0.29) is 24.1 Å². The normalized spacial score (nSPS) is 16.6. The minimum absolute atomic E-state index is 0.0347. The molecule has 8 amide bonds. The number of aryl methyl sites for hydroxylation is 1. The number of piperidine rings is 1. The molecule has 16 heterocycles. The summed E-state index contributed by atoms with van der Waals surface area (Å²) in [6, 6.07) is 5.58. The van der Waals surface area contributed by atoms with Crippen LogP contribution >= 0.6 is 11.8 Å². The number of aliphatic hydroxyl groups excluding tert-OH is 2. The lowest BCUT2D eigenvalue weighted by Gasteiger charge is -2.21. The van der Waals surface area contributed by atoms with Crippen LogP contribution in [0.5, 0.6) is 0 Å². The highest BCUT2D eigenvalue weighted by molar-refractivity contribution is 7.99. The van der Waals surface area contributed by atoms with Gasteiger partial charge in [0.15, 0.2) is 6.33 Å². The quantitative estimate of drug-likeness (QED) is 0.0362. The Labute approximate surface area is 854 Å². The van der Waals surface area contributed by atoms with E-state index in [0.717, 1.165) is 156 Å². The Kier molecular flexibility index (Phi) is 132. The second-order valence-electron chi connectivity index (χ2n) is 31.6. The van der Waals surface area contributed by atoms with E-state index in [2.05, 4.69) is 159 Å². The summed E-state index contributed by atoms with van der Waals surface area (Å²) in [6.45, 7) is 34.2. The molecule has 0 radical (unpaired) electrons. The summed E-state index contributed by atoms with van der Waals surface area (Å²) in [6.07, 6.45) is 43.8. The Morgan fingerprint density at radius 2 is 1.04 bits per heavy atom. The van der Waals surface area contributed by atoms with Gasteiger partial charge >= 0.3 is 0 Å². The third kappa shape index (κ3) is 143. The van der Waals surface area contributed by atoms with E-state index < -0.39 is 0 Å². The largest absolute Gasteiger partial charge is 0.396 e. The predicted molar refractivity (Wildman–Crippen MR) is 554 cm³/mol.